The lowest BCUT2D eigenvalue weighted by molar-refractivity contribution is 0.139. The Bertz CT molecular complexity index is 356. The van der Waals surface area contributed by atoms with Gasteiger partial charge in [-0.05, 0) is 0 Å². The van der Waals surface area contributed by atoms with Gasteiger partial charge in [0.1, 0.15) is 5.02 Å². The third-order valence-corrected chi connectivity index (χ3v) is 2.10. The Labute approximate surface area is 87.5 Å². The van der Waals surface area contributed by atoms with Gasteiger partial charge in [0, 0.05) is 12.0 Å². The zero-order valence-corrected chi connectivity index (χ0v) is 8.05. The molecule has 0 saturated heterocycles. The number of hydrogen-bond donors (Lipinski definition) is 1. The predicted molar refractivity (Wildman–Crippen MR) is 45.1 cm³/mol. The third kappa shape index (κ3) is 2.22. The average molecular weight is 244 g/mol. The van der Waals surface area contributed by atoms with Crippen molar-refractivity contribution in [2.75, 3.05) is 6.61 Å². The molecule has 2 N–H and O–H groups in total. The lowest BCUT2D eigenvalue weighted by Crippen LogP contribution is -2.10. The van der Waals surface area contributed by atoms with Crippen molar-refractivity contribution in [1.82, 2.24) is 0 Å². The summed E-state index contributed by atoms with van der Waals surface area (Å²) in [5, 5.41) is -1.21. The van der Waals surface area contributed by atoms with Gasteiger partial charge in [-0.1, -0.05) is 11.6 Å². The molecule has 0 unspecified atom stereocenters. The second-order valence-corrected chi connectivity index (χ2v) is 3.05. The van der Waals surface area contributed by atoms with Crippen molar-refractivity contribution in [2.24, 2.45) is 5.90 Å². The second kappa shape index (κ2) is 4.78. The summed E-state index contributed by atoms with van der Waals surface area (Å²) in [5.74, 6) is -1.68. The highest BCUT2D eigenvalue weighted by Gasteiger charge is 2.23. The van der Waals surface area contributed by atoms with E-state index in [9.17, 15) is 17.6 Å². The molecular formula is C8H6ClF4NO. The fourth-order valence-corrected chi connectivity index (χ4v) is 1.20. The number of benzene rings is 1. The average Bonchev–Trinajstić information content (AvgIpc) is 2.24. The Hall–Kier alpha value is -0.850. The fraction of sp³-hybridized carbons (Fsp3) is 0.250. The summed E-state index contributed by atoms with van der Waals surface area (Å²) in [6.07, 6.45) is -0.390. The maximum atomic E-state index is 13.1. The van der Waals surface area contributed by atoms with Gasteiger partial charge in [0.25, 0.3) is 0 Å². The molecule has 0 aliphatic carbocycles. The molecule has 7 heteroatoms. The molecule has 0 heterocycles. The second-order valence-electron chi connectivity index (χ2n) is 2.67. The molecule has 0 bridgehead atoms. The Kier molecular flexibility index (Phi) is 3.90. The minimum atomic E-state index is -1.62. The van der Waals surface area contributed by atoms with Crippen LogP contribution in [-0.2, 0) is 11.3 Å². The van der Waals surface area contributed by atoms with Crippen LogP contribution in [0.4, 0.5) is 17.6 Å². The Balaban J connectivity index is 3.26. The van der Waals surface area contributed by atoms with Gasteiger partial charge in [0.15, 0.2) is 23.3 Å². The van der Waals surface area contributed by atoms with E-state index in [-0.39, 0.29) is 13.0 Å². The van der Waals surface area contributed by atoms with Gasteiger partial charge in [-0.2, -0.15) is 0 Å². The number of nitrogens with two attached hydrogens (primary N) is 1. The van der Waals surface area contributed by atoms with E-state index in [1.165, 1.54) is 0 Å². The minimum Gasteiger partial charge on any atom is -0.304 e. The molecule has 0 aromatic heterocycles. The monoisotopic (exact) mass is 243 g/mol. The normalized spacial score (nSPS) is 10.8. The van der Waals surface area contributed by atoms with Crippen LogP contribution in [0, 0.1) is 23.3 Å². The summed E-state index contributed by atoms with van der Waals surface area (Å²) >= 11 is 5.01. The molecule has 0 spiro atoms. The molecular weight excluding hydrogens is 238 g/mol. The third-order valence-electron chi connectivity index (χ3n) is 1.77. The quantitative estimate of drug-likeness (QED) is 0.383. The number of hydrogen-bond acceptors (Lipinski definition) is 2. The van der Waals surface area contributed by atoms with Crippen LogP contribution in [0.2, 0.25) is 5.02 Å². The van der Waals surface area contributed by atoms with E-state index >= 15 is 0 Å². The molecule has 84 valence electrons. The van der Waals surface area contributed by atoms with Crippen LogP contribution in [0.3, 0.4) is 0 Å². The molecule has 0 radical (unpaired) electrons. The smallest absolute Gasteiger partial charge is 0.180 e. The molecule has 2 nitrogen and oxygen atoms in total. The first-order valence-corrected chi connectivity index (χ1v) is 4.20. The molecule has 0 amide bonds. The summed E-state index contributed by atoms with van der Waals surface area (Å²) in [4.78, 5) is 4.05. The first-order chi connectivity index (χ1) is 7.00. The highest BCUT2D eigenvalue weighted by Crippen LogP contribution is 2.27. The lowest BCUT2D eigenvalue weighted by atomic mass is 10.1. The summed E-state index contributed by atoms with van der Waals surface area (Å²) in [7, 11) is 0. The number of halogens is 5. The van der Waals surface area contributed by atoms with Crippen LogP contribution in [0.5, 0.6) is 0 Å². The van der Waals surface area contributed by atoms with Crippen LogP contribution < -0.4 is 5.90 Å². The van der Waals surface area contributed by atoms with Crippen LogP contribution in [-0.4, -0.2) is 6.61 Å². The first-order valence-electron chi connectivity index (χ1n) is 3.82. The van der Waals surface area contributed by atoms with Crippen LogP contribution in [0.1, 0.15) is 5.56 Å². The van der Waals surface area contributed by atoms with Crippen LogP contribution >= 0.6 is 11.6 Å². The van der Waals surface area contributed by atoms with E-state index in [0.717, 1.165) is 0 Å². The zero-order chi connectivity index (χ0) is 11.6. The van der Waals surface area contributed by atoms with Crippen molar-refractivity contribution in [3.8, 4) is 0 Å². The molecule has 1 aromatic carbocycles. The van der Waals surface area contributed by atoms with Crippen molar-refractivity contribution in [2.45, 2.75) is 6.42 Å². The van der Waals surface area contributed by atoms with Gasteiger partial charge in [0.2, 0.25) is 0 Å². The van der Waals surface area contributed by atoms with Crippen LogP contribution in [0.25, 0.3) is 0 Å². The van der Waals surface area contributed by atoms with E-state index in [0.29, 0.717) is 0 Å². The zero-order valence-electron chi connectivity index (χ0n) is 7.29. The molecule has 15 heavy (non-hydrogen) atoms. The number of rotatable bonds is 3. The van der Waals surface area contributed by atoms with Crippen molar-refractivity contribution in [3.05, 3.63) is 33.9 Å². The van der Waals surface area contributed by atoms with Crippen LogP contribution in [0.15, 0.2) is 0 Å². The molecule has 0 saturated carbocycles. The largest absolute Gasteiger partial charge is 0.304 e. The highest BCUT2D eigenvalue weighted by molar-refractivity contribution is 6.30. The Morgan fingerprint density at radius 1 is 1.00 bits per heavy atom. The Morgan fingerprint density at radius 2 is 1.47 bits per heavy atom. The Morgan fingerprint density at radius 3 is 1.87 bits per heavy atom. The summed E-state index contributed by atoms with van der Waals surface area (Å²) in [6, 6.07) is 0. The van der Waals surface area contributed by atoms with E-state index in [4.69, 9.17) is 11.6 Å². The summed E-state index contributed by atoms with van der Waals surface area (Å²) in [5.41, 5.74) is -0.778. The standard InChI is InChI=1S/C8H6ClF4NO/c9-4-7(12)5(10)3(1-2-15-14)6(11)8(4)13/h1-2,14H2. The molecule has 0 atom stereocenters. The fourth-order valence-electron chi connectivity index (χ4n) is 1.03. The lowest BCUT2D eigenvalue weighted by Gasteiger charge is -2.07. The van der Waals surface area contributed by atoms with Crippen molar-refractivity contribution >= 4 is 11.6 Å². The van der Waals surface area contributed by atoms with E-state index < -0.39 is 33.9 Å². The van der Waals surface area contributed by atoms with Crippen molar-refractivity contribution in [3.63, 3.8) is 0 Å². The van der Waals surface area contributed by atoms with Gasteiger partial charge in [-0.15, -0.1) is 0 Å². The highest BCUT2D eigenvalue weighted by atomic mass is 35.5. The van der Waals surface area contributed by atoms with E-state index in [2.05, 4.69) is 10.7 Å². The van der Waals surface area contributed by atoms with Crippen molar-refractivity contribution < 1.29 is 22.4 Å². The maximum Gasteiger partial charge on any atom is 0.180 e. The summed E-state index contributed by atoms with van der Waals surface area (Å²) < 4.78 is 51.9. The van der Waals surface area contributed by atoms with Gasteiger partial charge >= 0.3 is 0 Å². The van der Waals surface area contributed by atoms with E-state index in [1.54, 1.807) is 0 Å². The first kappa shape index (κ1) is 12.2. The summed E-state index contributed by atoms with van der Waals surface area (Å²) in [6.45, 7) is -0.269. The molecule has 0 fully saturated rings. The SMILES string of the molecule is NOCCc1c(F)c(F)c(Cl)c(F)c1F. The maximum absolute atomic E-state index is 13.1. The van der Waals surface area contributed by atoms with Crippen molar-refractivity contribution in [1.29, 1.82) is 0 Å². The van der Waals surface area contributed by atoms with E-state index in [1.807, 2.05) is 0 Å². The van der Waals surface area contributed by atoms with Gasteiger partial charge in [0.05, 0.1) is 6.61 Å². The molecule has 0 aliphatic heterocycles. The topological polar surface area (TPSA) is 35.2 Å². The predicted octanol–water partition coefficient (Wildman–Crippen LogP) is 2.33. The minimum absolute atomic E-state index is 0.269. The molecule has 0 aliphatic rings. The van der Waals surface area contributed by atoms with Gasteiger partial charge < -0.3 is 4.84 Å². The van der Waals surface area contributed by atoms with Gasteiger partial charge in [-0.25, -0.2) is 23.5 Å². The van der Waals surface area contributed by atoms with Gasteiger partial charge in [-0.3, -0.25) is 0 Å². The molecule has 1 rings (SSSR count). The molecule has 1 aromatic rings.